The highest BCUT2D eigenvalue weighted by molar-refractivity contribution is 7.18. The molecule has 0 amide bonds. The molecule has 0 spiro atoms. The maximum atomic E-state index is 6.55. The quantitative estimate of drug-likeness (QED) is 0.557. The lowest BCUT2D eigenvalue weighted by molar-refractivity contribution is 0.902. The third-order valence-corrected chi connectivity index (χ3v) is 5.20. The zero-order valence-electron chi connectivity index (χ0n) is 10.9. The van der Waals surface area contributed by atoms with Gasteiger partial charge in [-0.15, -0.1) is 22.9 Å². The summed E-state index contributed by atoms with van der Waals surface area (Å²) >= 11 is 14.4. The van der Waals surface area contributed by atoms with Gasteiger partial charge in [-0.25, -0.2) is 4.98 Å². The van der Waals surface area contributed by atoms with Gasteiger partial charge in [0.05, 0.1) is 20.6 Å². The summed E-state index contributed by atoms with van der Waals surface area (Å²) in [5, 5.41) is 1.72. The van der Waals surface area contributed by atoms with Gasteiger partial charge in [0, 0.05) is 11.4 Å². The summed E-state index contributed by atoms with van der Waals surface area (Å²) in [5.74, 6) is 0. The lowest BCUT2D eigenvalue weighted by Gasteiger charge is -2.12. The number of benzene rings is 2. The zero-order chi connectivity index (χ0) is 14.1. The minimum Gasteiger partial charge on any atom is -0.241 e. The Morgan fingerprint density at radius 3 is 2.75 bits per heavy atom. The highest BCUT2D eigenvalue weighted by Crippen LogP contribution is 2.33. The van der Waals surface area contributed by atoms with Crippen LogP contribution in [0, 0.1) is 6.92 Å². The Kier molecular flexibility index (Phi) is 3.97. The van der Waals surface area contributed by atoms with E-state index in [1.54, 1.807) is 11.3 Å². The Morgan fingerprint density at radius 1 is 1.15 bits per heavy atom. The number of alkyl halides is 1. The molecule has 0 fully saturated rings. The van der Waals surface area contributed by atoms with Crippen molar-refractivity contribution in [3.63, 3.8) is 0 Å². The van der Waals surface area contributed by atoms with Crippen molar-refractivity contribution in [3.05, 3.63) is 63.6 Å². The summed E-state index contributed by atoms with van der Waals surface area (Å²) < 4.78 is 1.20. The second-order valence-electron chi connectivity index (χ2n) is 4.70. The van der Waals surface area contributed by atoms with Gasteiger partial charge in [-0.05, 0) is 36.2 Å². The topological polar surface area (TPSA) is 12.9 Å². The Labute approximate surface area is 132 Å². The van der Waals surface area contributed by atoms with Crippen molar-refractivity contribution in [1.82, 2.24) is 4.98 Å². The van der Waals surface area contributed by atoms with E-state index in [-0.39, 0.29) is 5.38 Å². The van der Waals surface area contributed by atoms with E-state index in [1.807, 2.05) is 43.3 Å². The molecule has 3 aromatic rings. The van der Waals surface area contributed by atoms with Gasteiger partial charge in [-0.2, -0.15) is 0 Å². The van der Waals surface area contributed by atoms with E-state index in [0.717, 1.165) is 33.1 Å². The summed E-state index contributed by atoms with van der Waals surface area (Å²) in [5.41, 5.74) is 3.17. The minimum atomic E-state index is -0.103. The van der Waals surface area contributed by atoms with Gasteiger partial charge >= 0.3 is 0 Å². The average molecular weight is 322 g/mol. The Hall–Kier alpha value is -1.09. The van der Waals surface area contributed by atoms with Crippen molar-refractivity contribution in [1.29, 1.82) is 0 Å². The van der Waals surface area contributed by atoms with Crippen molar-refractivity contribution in [2.75, 3.05) is 0 Å². The molecule has 0 aliphatic heterocycles. The number of aromatic nitrogens is 1. The zero-order valence-corrected chi connectivity index (χ0v) is 13.3. The van der Waals surface area contributed by atoms with E-state index in [2.05, 4.69) is 11.1 Å². The van der Waals surface area contributed by atoms with Gasteiger partial charge in [0.25, 0.3) is 0 Å². The van der Waals surface area contributed by atoms with Crippen molar-refractivity contribution in [3.8, 4) is 0 Å². The van der Waals surface area contributed by atoms with Gasteiger partial charge < -0.3 is 0 Å². The number of fused-ring (bicyclic) bond motifs is 1. The first-order valence-electron chi connectivity index (χ1n) is 6.38. The summed E-state index contributed by atoms with van der Waals surface area (Å²) in [6.07, 6.45) is 0.724. The van der Waals surface area contributed by atoms with Crippen LogP contribution < -0.4 is 0 Å². The molecular weight excluding hydrogens is 309 g/mol. The molecule has 1 atom stereocenters. The normalized spacial score (nSPS) is 12.8. The molecule has 0 radical (unpaired) electrons. The van der Waals surface area contributed by atoms with Gasteiger partial charge in [-0.3, -0.25) is 0 Å². The summed E-state index contributed by atoms with van der Waals surface area (Å²) in [6, 6.07) is 14.0. The van der Waals surface area contributed by atoms with Crippen LogP contribution in [0.4, 0.5) is 0 Å². The number of halogens is 2. The minimum absolute atomic E-state index is 0.103. The van der Waals surface area contributed by atoms with Crippen molar-refractivity contribution >= 4 is 44.8 Å². The molecule has 1 heterocycles. The number of rotatable bonds is 3. The third kappa shape index (κ3) is 2.69. The molecule has 3 rings (SSSR count). The van der Waals surface area contributed by atoms with Crippen LogP contribution in [-0.4, -0.2) is 4.98 Å². The predicted octanol–water partition coefficient (Wildman–Crippen LogP) is 5.78. The van der Waals surface area contributed by atoms with Crippen molar-refractivity contribution in [2.24, 2.45) is 0 Å². The lowest BCUT2D eigenvalue weighted by atomic mass is 10.0. The summed E-state index contributed by atoms with van der Waals surface area (Å²) in [7, 11) is 0. The fourth-order valence-corrected chi connectivity index (χ4v) is 3.90. The fraction of sp³-hybridized carbons (Fsp3) is 0.188. The maximum Gasteiger partial charge on any atom is 0.0956 e. The third-order valence-electron chi connectivity index (χ3n) is 3.34. The fourth-order valence-electron chi connectivity index (χ4n) is 2.23. The number of hydrogen-bond donors (Lipinski definition) is 0. The average Bonchev–Trinajstić information content (AvgIpc) is 2.83. The van der Waals surface area contributed by atoms with Crippen LogP contribution in [0.25, 0.3) is 10.2 Å². The Bertz CT molecular complexity index is 718. The van der Waals surface area contributed by atoms with Gasteiger partial charge in [0.1, 0.15) is 0 Å². The van der Waals surface area contributed by atoms with Crippen LogP contribution in [0.3, 0.4) is 0 Å². The van der Waals surface area contributed by atoms with Crippen LogP contribution in [0.15, 0.2) is 42.5 Å². The molecule has 0 bridgehead atoms. The molecule has 20 heavy (non-hydrogen) atoms. The van der Waals surface area contributed by atoms with Gasteiger partial charge in [0.2, 0.25) is 0 Å². The van der Waals surface area contributed by atoms with E-state index in [1.165, 1.54) is 4.70 Å². The first-order valence-corrected chi connectivity index (χ1v) is 8.02. The highest BCUT2D eigenvalue weighted by atomic mass is 35.5. The molecule has 0 aliphatic carbocycles. The molecule has 1 aromatic heterocycles. The van der Waals surface area contributed by atoms with Crippen LogP contribution in [-0.2, 0) is 6.42 Å². The van der Waals surface area contributed by atoms with Crippen LogP contribution in [0.1, 0.15) is 21.5 Å². The second kappa shape index (κ2) is 5.72. The second-order valence-corrected chi connectivity index (χ2v) is 6.75. The summed E-state index contributed by atoms with van der Waals surface area (Å²) in [6.45, 7) is 2.01. The standard InChI is InChI=1S/C16H13Cl2NS/c1-10-11(5-4-6-12(10)17)13(18)9-16-19-14-7-2-3-8-15(14)20-16/h2-8,13H,9H2,1H3. The highest BCUT2D eigenvalue weighted by Gasteiger charge is 2.15. The first-order chi connectivity index (χ1) is 9.65. The number of hydrogen-bond acceptors (Lipinski definition) is 2. The van der Waals surface area contributed by atoms with Crippen LogP contribution in [0.2, 0.25) is 5.02 Å². The molecule has 4 heteroatoms. The molecule has 1 unspecified atom stereocenters. The Morgan fingerprint density at radius 2 is 1.95 bits per heavy atom. The predicted molar refractivity (Wildman–Crippen MR) is 88.1 cm³/mol. The molecule has 0 N–H and O–H groups in total. The van der Waals surface area contributed by atoms with Gasteiger partial charge in [-0.1, -0.05) is 35.9 Å². The molecule has 2 aromatic carbocycles. The molecule has 102 valence electrons. The largest absolute Gasteiger partial charge is 0.241 e. The van der Waals surface area contributed by atoms with E-state index in [9.17, 15) is 0 Å². The molecule has 1 nitrogen and oxygen atoms in total. The molecule has 0 saturated heterocycles. The number of thiazole rings is 1. The number of nitrogens with zero attached hydrogens (tertiary/aromatic N) is 1. The summed E-state index contributed by atoms with van der Waals surface area (Å²) in [4.78, 5) is 4.63. The van der Waals surface area contributed by atoms with E-state index >= 15 is 0 Å². The molecule has 0 saturated carbocycles. The van der Waals surface area contributed by atoms with Crippen LogP contribution in [0.5, 0.6) is 0 Å². The first kappa shape index (κ1) is 13.9. The van der Waals surface area contributed by atoms with Crippen LogP contribution >= 0.6 is 34.5 Å². The smallest absolute Gasteiger partial charge is 0.0956 e. The van der Waals surface area contributed by atoms with Crippen molar-refractivity contribution < 1.29 is 0 Å². The van der Waals surface area contributed by atoms with Crippen molar-refractivity contribution in [2.45, 2.75) is 18.7 Å². The lowest BCUT2D eigenvalue weighted by Crippen LogP contribution is -1.98. The monoisotopic (exact) mass is 321 g/mol. The van der Waals surface area contributed by atoms with E-state index in [4.69, 9.17) is 23.2 Å². The van der Waals surface area contributed by atoms with Gasteiger partial charge in [0.15, 0.2) is 0 Å². The SMILES string of the molecule is Cc1c(Cl)cccc1C(Cl)Cc1nc2ccccc2s1. The Balaban J connectivity index is 1.88. The number of para-hydroxylation sites is 1. The maximum absolute atomic E-state index is 6.55. The van der Waals surface area contributed by atoms with E-state index in [0.29, 0.717) is 0 Å². The molecular formula is C16H13Cl2NS. The molecule has 0 aliphatic rings. The van der Waals surface area contributed by atoms with E-state index < -0.39 is 0 Å².